The molecule has 0 aliphatic heterocycles. The van der Waals surface area contributed by atoms with Gasteiger partial charge in [-0.3, -0.25) is 4.79 Å². The number of benzene rings is 1. The molecule has 2 nitrogen and oxygen atoms in total. The lowest BCUT2D eigenvalue weighted by Gasteiger charge is -2.03. The molecule has 0 heterocycles. The summed E-state index contributed by atoms with van der Waals surface area (Å²) >= 11 is 1.83. The number of amides is 1. The molecule has 1 aromatic rings. The summed E-state index contributed by atoms with van der Waals surface area (Å²) in [6, 6.07) is 8.56. The molecular formula is C16H21NOS. The Morgan fingerprint density at radius 2 is 2.00 bits per heavy atom. The van der Waals surface area contributed by atoms with Crippen molar-refractivity contribution >= 4 is 17.7 Å². The van der Waals surface area contributed by atoms with Crippen LogP contribution in [-0.4, -0.2) is 18.2 Å². The van der Waals surface area contributed by atoms with E-state index < -0.39 is 0 Å². The van der Waals surface area contributed by atoms with Gasteiger partial charge >= 0.3 is 0 Å². The summed E-state index contributed by atoms with van der Waals surface area (Å²) in [6.07, 6.45) is 7.02. The first-order valence-corrected chi connectivity index (χ1v) is 7.58. The Bertz CT molecular complexity index is 435. The predicted octanol–water partition coefficient (Wildman–Crippen LogP) is 3.48. The van der Waals surface area contributed by atoms with E-state index in [1.165, 1.54) is 11.1 Å². The monoisotopic (exact) mass is 275 g/mol. The van der Waals surface area contributed by atoms with Crippen LogP contribution in [0.5, 0.6) is 0 Å². The molecule has 0 fully saturated rings. The Morgan fingerprint density at radius 3 is 2.68 bits per heavy atom. The number of allylic oxidation sites excluding steroid dienone is 3. The molecule has 1 amide bonds. The van der Waals surface area contributed by atoms with Crippen LogP contribution in [0.3, 0.4) is 0 Å². The Hall–Kier alpha value is -1.48. The average Bonchev–Trinajstić information content (AvgIpc) is 2.41. The molecule has 1 aromatic carbocycles. The second kappa shape index (κ2) is 9.45. The minimum Gasteiger partial charge on any atom is -0.352 e. The summed E-state index contributed by atoms with van der Waals surface area (Å²) in [5, 5.41) is 2.86. The number of carbonyl (C=O) groups excluding carboxylic acids is 1. The summed E-state index contributed by atoms with van der Waals surface area (Å²) in [5.74, 6) is 1.88. The van der Waals surface area contributed by atoms with Crippen LogP contribution in [0.1, 0.15) is 18.1 Å². The Kier molecular flexibility index (Phi) is 7.75. The van der Waals surface area contributed by atoms with Crippen molar-refractivity contribution in [1.29, 1.82) is 0 Å². The largest absolute Gasteiger partial charge is 0.352 e. The van der Waals surface area contributed by atoms with E-state index in [0.29, 0.717) is 6.54 Å². The fourth-order valence-corrected chi connectivity index (χ4v) is 2.25. The highest BCUT2D eigenvalue weighted by molar-refractivity contribution is 7.98. The molecule has 0 saturated carbocycles. The topological polar surface area (TPSA) is 29.1 Å². The highest BCUT2D eigenvalue weighted by Gasteiger charge is 1.96. The molecule has 3 heteroatoms. The standard InChI is InChI=1S/C16H21NOS/c1-3-4-5-6-16(18)17-11-12-19-13-15-9-7-14(2)8-10-15/h3-10H,11-13H2,1-2H3,(H,17,18). The summed E-state index contributed by atoms with van der Waals surface area (Å²) < 4.78 is 0. The summed E-state index contributed by atoms with van der Waals surface area (Å²) in [7, 11) is 0. The Morgan fingerprint density at radius 1 is 1.26 bits per heavy atom. The molecule has 1 N–H and O–H groups in total. The van der Waals surface area contributed by atoms with E-state index in [1.54, 1.807) is 12.2 Å². The molecule has 0 spiro atoms. The molecule has 0 radical (unpaired) electrons. The van der Waals surface area contributed by atoms with Gasteiger partial charge in [-0.25, -0.2) is 0 Å². The Labute approximate surface area is 120 Å². The van der Waals surface area contributed by atoms with Crippen molar-refractivity contribution in [2.24, 2.45) is 0 Å². The van der Waals surface area contributed by atoms with Crippen LogP contribution in [0, 0.1) is 6.92 Å². The van der Waals surface area contributed by atoms with Crippen LogP contribution in [0.2, 0.25) is 0 Å². The lowest BCUT2D eigenvalue weighted by molar-refractivity contribution is -0.116. The molecule has 1 rings (SSSR count). The van der Waals surface area contributed by atoms with Crippen molar-refractivity contribution in [3.8, 4) is 0 Å². The number of thioether (sulfide) groups is 1. The maximum Gasteiger partial charge on any atom is 0.244 e. The van der Waals surface area contributed by atoms with Crippen molar-refractivity contribution in [2.75, 3.05) is 12.3 Å². The van der Waals surface area contributed by atoms with Gasteiger partial charge in [-0.2, -0.15) is 11.8 Å². The number of nitrogens with one attached hydrogen (secondary N) is 1. The average molecular weight is 275 g/mol. The first-order valence-electron chi connectivity index (χ1n) is 6.43. The third-order valence-corrected chi connectivity index (χ3v) is 3.52. The quantitative estimate of drug-likeness (QED) is 0.469. The highest BCUT2D eigenvalue weighted by atomic mass is 32.2. The van der Waals surface area contributed by atoms with Gasteiger partial charge in [-0.15, -0.1) is 0 Å². The summed E-state index contributed by atoms with van der Waals surface area (Å²) in [4.78, 5) is 11.3. The minimum absolute atomic E-state index is 0.0333. The summed E-state index contributed by atoms with van der Waals surface area (Å²) in [6.45, 7) is 4.72. The van der Waals surface area contributed by atoms with Gasteiger partial charge in [0, 0.05) is 24.1 Å². The molecular weight excluding hydrogens is 254 g/mol. The van der Waals surface area contributed by atoms with Gasteiger partial charge < -0.3 is 5.32 Å². The van der Waals surface area contributed by atoms with Gasteiger partial charge in [-0.1, -0.05) is 48.1 Å². The van der Waals surface area contributed by atoms with Gasteiger partial charge in [0.1, 0.15) is 0 Å². The zero-order valence-electron chi connectivity index (χ0n) is 11.6. The zero-order chi connectivity index (χ0) is 13.9. The van der Waals surface area contributed by atoms with Crippen molar-refractivity contribution in [3.63, 3.8) is 0 Å². The fraction of sp³-hybridized carbons (Fsp3) is 0.312. The molecule has 0 aliphatic rings. The van der Waals surface area contributed by atoms with Crippen LogP contribution in [0.15, 0.2) is 48.6 Å². The van der Waals surface area contributed by atoms with E-state index >= 15 is 0 Å². The van der Waals surface area contributed by atoms with E-state index in [4.69, 9.17) is 0 Å². The molecule has 0 aliphatic carbocycles. The van der Waals surface area contributed by atoms with Crippen LogP contribution in [0.4, 0.5) is 0 Å². The lowest BCUT2D eigenvalue weighted by atomic mass is 10.2. The number of carbonyl (C=O) groups is 1. The van der Waals surface area contributed by atoms with Crippen molar-refractivity contribution < 1.29 is 4.79 Å². The number of hydrogen-bond donors (Lipinski definition) is 1. The third kappa shape index (κ3) is 7.52. The molecule has 0 saturated heterocycles. The van der Waals surface area contributed by atoms with Gasteiger partial charge in [0.15, 0.2) is 0 Å². The normalized spacial score (nSPS) is 11.3. The maximum atomic E-state index is 11.3. The van der Waals surface area contributed by atoms with E-state index in [2.05, 4.69) is 36.5 Å². The molecule has 0 atom stereocenters. The molecule has 102 valence electrons. The van der Waals surface area contributed by atoms with E-state index in [-0.39, 0.29) is 5.91 Å². The van der Waals surface area contributed by atoms with Crippen molar-refractivity contribution in [3.05, 3.63) is 59.7 Å². The van der Waals surface area contributed by atoms with E-state index in [9.17, 15) is 4.79 Å². The SMILES string of the molecule is CC=CC=CC(=O)NCCSCc1ccc(C)cc1. The lowest BCUT2D eigenvalue weighted by Crippen LogP contribution is -2.23. The van der Waals surface area contributed by atoms with Gasteiger partial charge in [0.25, 0.3) is 0 Å². The predicted molar refractivity (Wildman–Crippen MR) is 84.3 cm³/mol. The molecule has 0 aromatic heterocycles. The van der Waals surface area contributed by atoms with Gasteiger partial charge in [0.05, 0.1) is 0 Å². The van der Waals surface area contributed by atoms with Crippen LogP contribution in [-0.2, 0) is 10.5 Å². The first kappa shape index (κ1) is 15.6. The molecule has 0 unspecified atom stereocenters. The van der Waals surface area contributed by atoms with Crippen LogP contribution >= 0.6 is 11.8 Å². The Balaban J connectivity index is 2.11. The highest BCUT2D eigenvalue weighted by Crippen LogP contribution is 2.12. The minimum atomic E-state index is -0.0333. The van der Waals surface area contributed by atoms with Crippen LogP contribution in [0.25, 0.3) is 0 Å². The molecule has 19 heavy (non-hydrogen) atoms. The van der Waals surface area contributed by atoms with Gasteiger partial charge in [0.2, 0.25) is 5.91 Å². The third-order valence-electron chi connectivity index (χ3n) is 2.49. The van der Waals surface area contributed by atoms with E-state index in [0.717, 1.165) is 11.5 Å². The summed E-state index contributed by atoms with van der Waals surface area (Å²) in [5.41, 5.74) is 2.61. The zero-order valence-corrected chi connectivity index (χ0v) is 12.4. The van der Waals surface area contributed by atoms with Crippen LogP contribution < -0.4 is 5.32 Å². The van der Waals surface area contributed by atoms with E-state index in [1.807, 2.05) is 30.8 Å². The number of hydrogen-bond acceptors (Lipinski definition) is 2. The van der Waals surface area contributed by atoms with Crippen molar-refractivity contribution in [2.45, 2.75) is 19.6 Å². The second-order valence-electron chi connectivity index (χ2n) is 4.21. The first-order chi connectivity index (χ1) is 9.22. The van der Waals surface area contributed by atoms with Gasteiger partial charge in [-0.05, 0) is 19.4 Å². The smallest absolute Gasteiger partial charge is 0.244 e. The fourth-order valence-electron chi connectivity index (χ4n) is 1.43. The molecule has 0 bridgehead atoms. The van der Waals surface area contributed by atoms with Crippen molar-refractivity contribution in [1.82, 2.24) is 5.32 Å². The number of aryl methyl sites for hydroxylation is 1. The number of rotatable bonds is 7. The maximum absolute atomic E-state index is 11.3. The second-order valence-corrected chi connectivity index (χ2v) is 5.32.